The van der Waals surface area contributed by atoms with Gasteiger partial charge in [0.1, 0.15) is 5.78 Å². The van der Waals surface area contributed by atoms with E-state index < -0.39 is 0 Å². The average Bonchev–Trinajstić information content (AvgIpc) is 2.43. The molecule has 2 atom stereocenters. The first-order valence-corrected chi connectivity index (χ1v) is 8.43. The zero-order chi connectivity index (χ0) is 15.4. The minimum absolute atomic E-state index is 0.165. The van der Waals surface area contributed by atoms with Crippen LogP contribution in [0.2, 0.25) is 0 Å². The topological polar surface area (TPSA) is 17.1 Å². The van der Waals surface area contributed by atoms with Crippen molar-refractivity contribution in [3.8, 4) is 0 Å². The molecule has 2 aliphatic carbocycles. The van der Waals surface area contributed by atoms with Gasteiger partial charge in [0.05, 0.1) is 0 Å². The first-order valence-electron chi connectivity index (χ1n) is 8.43. The third-order valence-corrected chi connectivity index (χ3v) is 6.34. The summed E-state index contributed by atoms with van der Waals surface area (Å²) in [7, 11) is 0. The molecule has 0 amide bonds. The van der Waals surface area contributed by atoms with Crippen LogP contribution >= 0.6 is 0 Å². The zero-order valence-corrected chi connectivity index (χ0v) is 14.1. The van der Waals surface area contributed by atoms with Gasteiger partial charge in [0.25, 0.3) is 0 Å². The highest BCUT2D eigenvalue weighted by molar-refractivity contribution is 5.86. The molecule has 2 unspecified atom stereocenters. The summed E-state index contributed by atoms with van der Waals surface area (Å²) in [5.41, 5.74) is 4.51. The van der Waals surface area contributed by atoms with E-state index >= 15 is 0 Å². The minimum Gasteiger partial charge on any atom is -0.299 e. The molecule has 2 aliphatic rings. The number of fused-ring (bicyclic) bond motifs is 3. The monoisotopic (exact) mass is 284 g/mol. The number of hydrogen-bond donors (Lipinski definition) is 0. The van der Waals surface area contributed by atoms with Crippen LogP contribution in [0.5, 0.6) is 0 Å². The van der Waals surface area contributed by atoms with E-state index in [1.807, 2.05) is 0 Å². The molecule has 0 bridgehead atoms. The smallest absolute Gasteiger partial charge is 0.138 e. The van der Waals surface area contributed by atoms with Crippen LogP contribution in [0, 0.1) is 11.3 Å². The number of aryl methyl sites for hydroxylation is 1. The Hall–Kier alpha value is -1.11. The van der Waals surface area contributed by atoms with Crippen LogP contribution < -0.4 is 0 Å². The van der Waals surface area contributed by atoms with Crippen molar-refractivity contribution in [2.45, 2.75) is 71.6 Å². The van der Waals surface area contributed by atoms with Gasteiger partial charge in [-0.3, -0.25) is 4.79 Å². The van der Waals surface area contributed by atoms with Gasteiger partial charge >= 0.3 is 0 Å². The van der Waals surface area contributed by atoms with Gasteiger partial charge in [-0.2, -0.15) is 0 Å². The van der Waals surface area contributed by atoms with E-state index in [2.05, 4.69) is 52.8 Å². The van der Waals surface area contributed by atoms with Crippen LogP contribution in [-0.4, -0.2) is 5.78 Å². The Morgan fingerprint density at radius 1 is 1.14 bits per heavy atom. The van der Waals surface area contributed by atoms with Crippen molar-refractivity contribution in [2.24, 2.45) is 11.3 Å². The van der Waals surface area contributed by atoms with E-state index in [1.165, 1.54) is 16.7 Å². The number of carbonyl (C=O) groups is 1. The maximum absolute atomic E-state index is 12.4. The third kappa shape index (κ3) is 2.08. The average molecular weight is 284 g/mol. The molecule has 0 saturated heterocycles. The molecule has 1 heteroatoms. The van der Waals surface area contributed by atoms with Crippen molar-refractivity contribution in [3.05, 3.63) is 34.9 Å². The van der Waals surface area contributed by atoms with E-state index in [4.69, 9.17) is 0 Å². The standard InChI is InChI=1S/C20H28O/c1-13(2)14-6-8-16-15(12-14)7-9-17-19(3,4)18(21)10-11-20(16,17)5/h6,8,12-13,17H,7,9-11H2,1-5H3. The summed E-state index contributed by atoms with van der Waals surface area (Å²) in [5.74, 6) is 1.54. The fraction of sp³-hybridized carbons (Fsp3) is 0.650. The second-order valence-electron chi connectivity index (χ2n) is 8.22. The maximum Gasteiger partial charge on any atom is 0.138 e. The van der Waals surface area contributed by atoms with E-state index in [-0.39, 0.29) is 10.8 Å². The predicted octanol–water partition coefficient (Wildman–Crippen LogP) is 5.02. The van der Waals surface area contributed by atoms with Crippen LogP contribution in [0.25, 0.3) is 0 Å². The van der Waals surface area contributed by atoms with Crippen molar-refractivity contribution in [3.63, 3.8) is 0 Å². The summed E-state index contributed by atoms with van der Waals surface area (Å²) < 4.78 is 0. The lowest BCUT2D eigenvalue weighted by Gasteiger charge is -2.53. The molecule has 1 nitrogen and oxygen atoms in total. The van der Waals surface area contributed by atoms with Gasteiger partial charge in [0.15, 0.2) is 0 Å². The van der Waals surface area contributed by atoms with Gasteiger partial charge in [-0.25, -0.2) is 0 Å². The second kappa shape index (κ2) is 4.69. The Kier molecular flexibility index (Phi) is 3.31. The number of ketones is 1. The molecule has 114 valence electrons. The Bertz CT molecular complexity index is 582. The molecule has 3 rings (SSSR count). The molecule has 0 heterocycles. The largest absolute Gasteiger partial charge is 0.299 e. The lowest BCUT2D eigenvalue weighted by molar-refractivity contribution is -0.137. The number of rotatable bonds is 1. The molecule has 0 N–H and O–H groups in total. The number of carbonyl (C=O) groups excluding carboxylic acids is 1. The van der Waals surface area contributed by atoms with E-state index in [9.17, 15) is 4.79 Å². The van der Waals surface area contributed by atoms with Crippen molar-refractivity contribution in [2.75, 3.05) is 0 Å². The summed E-state index contributed by atoms with van der Waals surface area (Å²) in [5, 5.41) is 0. The Morgan fingerprint density at radius 2 is 1.86 bits per heavy atom. The first kappa shape index (κ1) is 14.8. The third-order valence-electron chi connectivity index (χ3n) is 6.34. The normalized spacial score (nSPS) is 31.0. The quantitative estimate of drug-likeness (QED) is 0.707. The predicted molar refractivity (Wildman–Crippen MR) is 87.7 cm³/mol. The Balaban J connectivity index is 2.08. The van der Waals surface area contributed by atoms with Crippen molar-refractivity contribution in [1.29, 1.82) is 0 Å². The van der Waals surface area contributed by atoms with Gasteiger partial charge in [0.2, 0.25) is 0 Å². The van der Waals surface area contributed by atoms with E-state index in [0.29, 0.717) is 17.6 Å². The lowest BCUT2D eigenvalue weighted by Crippen LogP contribution is -2.52. The highest BCUT2D eigenvalue weighted by Crippen LogP contribution is 2.55. The zero-order valence-electron chi connectivity index (χ0n) is 14.1. The molecular formula is C20H28O. The van der Waals surface area contributed by atoms with Crippen LogP contribution in [-0.2, 0) is 16.6 Å². The van der Waals surface area contributed by atoms with Crippen molar-refractivity contribution >= 4 is 5.78 Å². The lowest BCUT2D eigenvalue weighted by atomic mass is 9.50. The molecular weight excluding hydrogens is 256 g/mol. The summed E-state index contributed by atoms with van der Waals surface area (Å²) in [4.78, 5) is 12.4. The van der Waals surface area contributed by atoms with E-state index in [0.717, 1.165) is 25.7 Å². The van der Waals surface area contributed by atoms with Gasteiger partial charge in [-0.05, 0) is 53.2 Å². The fourth-order valence-electron chi connectivity index (χ4n) is 4.90. The van der Waals surface area contributed by atoms with E-state index in [1.54, 1.807) is 0 Å². The molecule has 1 fully saturated rings. The molecule has 1 aromatic rings. The number of hydrogen-bond acceptors (Lipinski definition) is 1. The minimum atomic E-state index is -0.165. The fourth-order valence-corrected chi connectivity index (χ4v) is 4.90. The van der Waals surface area contributed by atoms with Crippen LogP contribution in [0.4, 0.5) is 0 Å². The SMILES string of the molecule is CC(C)c1ccc2c(c1)CCC1C(C)(C)C(=O)CCC21C. The van der Waals surface area contributed by atoms with Crippen LogP contribution in [0.1, 0.15) is 76.5 Å². The van der Waals surface area contributed by atoms with Gasteiger partial charge in [-0.1, -0.05) is 52.8 Å². The number of Topliss-reactive ketones (excluding diaryl/α,β-unsaturated/α-hetero) is 1. The van der Waals surface area contributed by atoms with Gasteiger partial charge in [0, 0.05) is 11.8 Å². The first-order chi connectivity index (χ1) is 9.76. The van der Waals surface area contributed by atoms with Gasteiger partial charge < -0.3 is 0 Å². The Labute approximate surface area is 129 Å². The molecule has 0 spiro atoms. The van der Waals surface area contributed by atoms with Crippen LogP contribution in [0.15, 0.2) is 18.2 Å². The maximum atomic E-state index is 12.4. The Morgan fingerprint density at radius 3 is 2.52 bits per heavy atom. The highest BCUT2D eigenvalue weighted by Gasteiger charge is 2.53. The summed E-state index contributed by atoms with van der Waals surface area (Å²) in [6.07, 6.45) is 4.05. The summed E-state index contributed by atoms with van der Waals surface area (Å²) >= 11 is 0. The molecule has 1 aromatic carbocycles. The van der Waals surface area contributed by atoms with Gasteiger partial charge in [-0.15, -0.1) is 0 Å². The summed E-state index contributed by atoms with van der Waals surface area (Å²) in [6, 6.07) is 7.09. The van der Waals surface area contributed by atoms with Crippen LogP contribution in [0.3, 0.4) is 0 Å². The summed E-state index contributed by atoms with van der Waals surface area (Å²) in [6.45, 7) is 11.3. The molecule has 0 aliphatic heterocycles. The number of benzene rings is 1. The molecule has 0 aromatic heterocycles. The molecule has 0 radical (unpaired) electrons. The molecule has 1 saturated carbocycles. The molecule has 21 heavy (non-hydrogen) atoms. The second-order valence-corrected chi connectivity index (χ2v) is 8.22. The van der Waals surface area contributed by atoms with Crippen molar-refractivity contribution in [1.82, 2.24) is 0 Å². The highest BCUT2D eigenvalue weighted by atomic mass is 16.1. The van der Waals surface area contributed by atoms with Crippen molar-refractivity contribution < 1.29 is 4.79 Å².